The Morgan fingerprint density at radius 3 is 2.81 bits per heavy atom. The fraction of sp³-hybridized carbons (Fsp3) is 0.286. The Kier molecular flexibility index (Phi) is 6.64. The summed E-state index contributed by atoms with van der Waals surface area (Å²) in [6.07, 6.45) is 9.80. The summed E-state index contributed by atoms with van der Waals surface area (Å²) in [5, 5.41) is 11.4. The van der Waals surface area contributed by atoms with Gasteiger partial charge in [0.25, 0.3) is 5.91 Å². The first kappa shape index (κ1) is 21.8. The molecule has 32 heavy (non-hydrogen) atoms. The standard InChI is InChI=1S/C21H21F2N7OS/c22-14-6-7-17(23)30-19(14)18(24)15(10-25-13-4-2-1-3-5-13)28-20(31)16-11-32-21(29-16)12-8-26-27-9-12/h6-11,13H,1-5,24H2,(H,26,27)(H,28,31). The van der Waals surface area contributed by atoms with E-state index in [1.807, 2.05) is 0 Å². The Bertz CT molecular complexity index is 1150. The summed E-state index contributed by atoms with van der Waals surface area (Å²) >= 11 is 1.27. The minimum Gasteiger partial charge on any atom is -0.395 e. The summed E-state index contributed by atoms with van der Waals surface area (Å²) in [6.45, 7) is 0. The number of hydrogen-bond acceptors (Lipinski definition) is 7. The molecular formula is C21H21F2N7OS. The lowest BCUT2D eigenvalue weighted by molar-refractivity contribution is 0.0964. The van der Waals surface area contributed by atoms with Crippen LogP contribution < -0.4 is 11.1 Å². The van der Waals surface area contributed by atoms with Crippen molar-refractivity contribution in [1.29, 1.82) is 0 Å². The molecule has 0 atom stereocenters. The first-order valence-corrected chi connectivity index (χ1v) is 11.0. The third-order valence-electron chi connectivity index (χ3n) is 5.08. The van der Waals surface area contributed by atoms with E-state index in [1.54, 1.807) is 17.8 Å². The van der Waals surface area contributed by atoms with E-state index in [-0.39, 0.29) is 23.1 Å². The predicted molar refractivity (Wildman–Crippen MR) is 118 cm³/mol. The Balaban J connectivity index is 1.63. The molecule has 0 aliphatic heterocycles. The average molecular weight is 458 g/mol. The monoisotopic (exact) mass is 457 g/mol. The predicted octanol–water partition coefficient (Wildman–Crippen LogP) is 3.67. The van der Waals surface area contributed by atoms with Crippen LogP contribution in [0, 0.1) is 11.8 Å². The van der Waals surface area contributed by atoms with E-state index in [9.17, 15) is 13.6 Å². The van der Waals surface area contributed by atoms with E-state index in [4.69, 9.17) is 5.73 Å². The van der Waals surface area contributed by atoms with Crippen molar-refractivity contribution < 1.29 is 13.6 Å². The summed E-state index contributed by atoms with van der Waals surface area (Å²) < 4.78 is 27.9. The Hall–Kier alpha value is -3.47. The molecule has 0 bridgehead atoms. The summed E-state index contributed by atoms with van der Waals surface area (Å²) in [7, 11) is 0. The van der Waals surface area contributed by atoms with Gasteiger partial charge in [-0.05, 0) is 25.0 Å². The highest BCUT2D eigenvalue weighted by Crippen LogP contribution is 2.23. The van der Waals surface area contributed by atoms with E-state index in [1.165, 1.54) is 17.6 Å². The Morgan fingerprint density at radius 2 is 2.06 bits per heavy atom. The number of rotatable bonds is 6. The molecule has 0 radical (unpaired) electrons. The molecule has 0 aromatic carbocycles. The number of thiazole rings is 1. The highest BCUT2D eigenvalue weighted by atomic mass is 32.1. The van der Waals surface area contributed by atoms with E-state index in [2.05, 4.69) is 30.5 Å². The van der Waals surface area contributed by atoms with E-state index in [0.29, 0.717) is 5.01 Å². The normalized spacial score (nSPS) is 15.7. The van der Waals surface area contributed by atoms with Gasteiger partial charge in [-0.2, -0.15) is 9.49 Å². The van der Waals surface area contributed by atoms with E-state index in [0.717, 1.165) is 49.8 Å². The number of nitrogens with two attached hydrogens (primary N) is 1. The zero-order valence-electron chi connectivity index (χ0n) is 17.0. The number of halogens is 2. The number of allylic oxidation sites excluding steroid dienone is 1. The maximum Gasteiger partial charge on any atom is 0.275 e. The minimum absolute atomic E-state index is 0.0374. The van der Waals surface area contributed by atoms with Crippen molar-refractivity contribution in [1.82, 2.24) is 25.5 Å². The third kappa shape index (κ3) is 5.05. The number of nitrogens with one attached hydrogen (secondary N) is 2. The molecule has 3 aromatic rings. The van der Waals surface area contributed by atoms with Crippen LogP contribution in [0.2, 0.25) is 0 Å². The number of pyridine rings is 1. The highest BCUT2D eigenvalue weighted by Gasteiger charge is 2.19. The van der Waals surface area contributed by atoms with Gasteiger partial charge >= 0.3 is 0 Å². The molecule has 4 rings (SSSR count). The lowest BCUT2D eigenvalue weighted by atomic mass is 9.96. The van der Waals surface area contributed by atoms with Crippen LogP contribution >= 0.6 is 11.3 Å². The maximum atomic E-state index is 14.3. The van der Waals surface area contributed by atoms with Gasteiger partial charge in [-0.3, -0.25) is 14.9 Å². The number of H-pyrrole nitrogens is 1. The fourth-order valence-electron chi connectivity index (χ4n) is 3.38. The van der Waals surface area contributed by atoms with E-state index >= 15 is 0 Å². The van der Waals surface area contributed by atoms with Crippen LogP contribution in [0.25, 0.3) is 16.3 Å². The molecule has 0 spiro atoms. The number of amides is 1. The molecule has 1 saturated carbocycles. The van der Waals surface area contributed by atoms with Crippen molar-refractivity contribution in [2.45, 2.75) is 38.1 Å². The quantitative estimate of drug-likeness (QED) is 0.385. The number of nitrogens with zero attached hydrogens (tertiary/aromatic N) is 4. The molecule has 8 nitrogen and oxygen atoms in total. The largest absolute Gasteiger partial charge is 0.395 e. The molecule has 4 N–H and O–H groups in total. The molecule has 1 amide bonds. The number of aromatic amines is 1. The number of aromatic nitrogens is 4. The Morgan fingerprint density at radius 1 is 1.25 bits per heavy atom. The SMILES string of the molecule is NC(=C(C=NC1CCCCC1)NC(=O)c1csc(-c2cn[nH]c2)n1)c1nc(F)ccc1F. The number of hydrogen-bond donors (Lipinski definition) is 3. The van der Waals surface area contributed by atoms with Crippen LogP contribution in [0.3, 0.4) is 0 Å². The van der Waals surface area contributed by atoms with Crippen LogP contribution in [0.4, 0.5) is 8.78 Å². The second-order valence-electron chi connectivity index (χ2n) is 7.34. The molecule has 3 aromatic heterocycles. The molecule has 0 unspecified atom stereocenters. The van der Waals surface area contributed by atoms with Crippen LogP contribution in [0.1, 0.15) is 48.3 Å². The topological polar surface area (TPSA) is 122 Å². The first-order valence-electron chi connectivity index (χ1n) is 10.1. The Labute approximate surface area is 186 Å². The van der Waals surface area contributed by atoms with Gasteiger partial charge in [-0.25, -0.2) is 14.4 Å². The summed E-state index contributed by atoms with van der Waals surface area (Å²) in [5.41, 5.74) is 6.42. The number of carbonyl (C=O) groups is 1. The molecule has 11 heteroatoms. The van der Waals surface area contributed by atoms with Crippen molar-refractivity contribution in [2.75, 3.05) is 0 Å². The van der Waals surface area contributed by atoms with E-state index < -0.39 is 23.4 Å². The molecule has 3 heterocycles. The van der Waals surface area contributed by atoms with Crippen molar-refractivity contribution in [2.24, 2.45) is 10.7 Å². The highest BCUT2D eigenvalue weighted by molar-refractivity contribution is 7.13. The summed E-state index contributed by atoms with van der Waals surface area (Å²) in [6, 6.07) is 1.91. The van der Waals surface area contributed by atoms with Gasteiger partial charge in [-0.1, -0.05) is 19.3 Å². The molecule has 0 saturated heterocycles. The first-order chi connectivity index (χ1) is 15.5. The molecule has 1 aliphatic carbocycles. The van der Waals surface area contributed by atoms with Crippen molar-refractivity contribution in [3.63, 3.8) is 0 Å². The fourth-order valence-corrected chi connectivity index (χ4v) is 4.16. The average Bonchev–Trinajstić information content (AvgIpc) is 3.50. The summed E-state index contributed by atoms with van der Waals surface area (Å²) in [4.78, 5) is 25.2. The van der Waals surface area contributed by atoms with Crippen LogP contribution in [-0.4, -0.2) is 38.3 Å². The van der Waals surface area contributed by atoms with Crippen molar-refractivity contribution in [3.05, 3.63) is 58.8 Å². The van der Waals surface area contributed by atoms with Crippen LogP contribution in [0.15, 0.2) is 40.6 Å². The lowest BCUT2D eigenvalue weighted by Crippen LogP contribution is -2.27. The van der Waals surface area contributed by atoms with Crippen LogP contribution in [0.5, 0.6) is 0 Å². The van der Waals surface area contributed by atoms with Gasteiger partial charge in [-0.15, -0.1) is 11.3 Å². The van der Waals surface area contributed by atoms with Gasteiger partial charge in [0.1, 0.15) is 16.4 Å². The molecule has 166 valence electrons. The number of carbonyl (C=O) groups excluding carboxylic acids is 1. The van der Waals surface area contributed by atoms with Gasteiger partial charge in [0.2, 0.25) is 5.95 Å². The van der Waals surface area contributed by atoms with Crippen molar-refractivity contribution >= 4 is 29.2 Å². The zero-order valence-corrected chi connectivity index (χ0v) is 17.8. The molecule has 1 aliphatic rings. The molecule has 1 fully saturated rings. The smallest absolute Gasteiger partial charge is 0.275 e. The summed E-state index contributed by atoms with van der Waals surface area (Å²) in [5.74, 6) is -2.25. The number of aliphatic imine (C=N–C) groups is 1. The maximum absolute atomic E-state index is 14.3. The van der Waals surface area contributed by atoms with Crippen LogP contribution in [-0.2, 0) is 0 Å². The lowest BCUT2D eigenvalue weighted by Gasteiger charge is -2.18. The zero-order chi connectivity index (χ0) is 22.5. The molecular weight excluding hydrogens is 436 g/mol. The van der Waals surface area contributed by atoms with Gasteiger partial charge < -0.3 is 11.1 Å². The second kappa shape index (κ2) is 9.77. The second-order valence-corrected chi connectivity index (χ2v) is 8.20. The van der Waals surface area contributed by atoms with Gasteiger partial charge in [0, 0.05) is 23.4 Å². The minimum atomic E-state index is -0.886. The third-order valence-corrected chi connectivity index (χ3v) is 5.97. The van der Waals surface area contributed by atoms with Crippen molar-refractivity contribution in [3.8, 4) is 10.6 Å². The van der Waals surface area contributed by atoms with Gasteiger partial charge in [0.15, 0.2) is 5.82 Å². The van der Waals surface area contributed by atoms with Gasteiger partial charge in [0.05, 0.1) is 23.6 Å².